The lowest BCUT2D eigenvalue weighted by atomic mass is 10.0. The summed E-state index contributed by atoms with van der Waals surface area (Å²) in [5.74, 6) is 1.65. The second-order valence-corrected chi connectivity index (χ2v) is 18.5. The van der Waals surface area contributed by atoms with Crippen molar-refractivity contribution in [2.24, 2.45) is 20.5 Å². The molecule has 0 aliphatic rings. The highest BCUT2D eigenvalue weighted by Crippen LogP contribution is 2.47. The van der Waals surface area contributed by atoms with Gasteiger partial charge in [0.05, 0.1) is 22.5 Å². The molecule has 0 atom stereocenters. The Morgan fingerprint density at radius 1 is 0.304 bits per heavy atom. The van der Waals surface area contributed by atoms with E-state index in [1.165, 1.54) is 0 Å². The fraction of sp³-hybridized carbons (Fsp3) is 0. The van der Waals surface area contributed by atoms with Crippen molar-refractivity contribution in [3.05, 3.63) is 194 Å². The second-order valence-electron chi connectivity index (χ2n) is 18.5. The number of oxazole rings is 4. The van der Waals surface area contributed by atoms with Gasteiger partial charge in [-0.15, -0.1) is 20.4 Å². The van der Waals surface area contributed by atoms with Crippen LogP contribution in [0, 0.1) is 0 Å². The van der Waals surface area contributed by atoms with Crippen LogP contribution in [-0.2, 0) is 0 Å². The Balaban J connectivity index is 0.699. The minimum absolute atomic E-state index is 0.146. The van der Waals surface area contributed by atoms with Gasteiger partial charge in [-0.25, -0.2) is 19.9 Å². The van der Waals surface area contributed by atoms with Gasteiger partial charge in [0.15, 0.2) is 33.8 Å². The summed E-state index contributed by atoms with van der Waals surface area (Å²) in [7, 11) is 0. The highest BCUT2D eigenvalue weighted by atomic mass is 16.4. The minimum atomic E-state index is -0.146. The fourth-order valence-electron chi connectivity index (χ4n) is 9.53. The van der Waals surface area contributed by atoms with Crippen LogP contribution < -0.4 is 0 Å². The van der Waals surface area contributed by atoms with E-state index in [4.69, 9.17) is 22.1 Å². The number of hydrogen-bond donors (Lipinski definition) is 2. The number of nitrogens with zero attached hydrogens (tertiary/aromatic N) is 10. The molecule has 0 saturated heterocycles. The molecule has 0 radical (unpaired) electrons. The number of fused-ring (bicyclic) bond motifs is 6. The van der Waals surface area contributed by atoms with Gasteiger partial charge in [-0.2, -0.15) is 10.2 Å². The summed E-state index contributed by atoms with van der Waals surface area (Å²) in [6, 6.07) is 59.1. The van der Waals surface area contributed by atoms with Crippen molar-refractivity contribution in [1.29, 1.82) is 0 Å². The fourth-order valence-corrected chi connectivity index (χ4v) is 9.53. The maximum atomic E-state index is 11.8. The Labute approximate surface area is 444 Å². The van der Waals surface area contributed by atoms with Gasteiger partial charge in [0.25, 0.3) is 0 Å². The van der Waals surface area contributed by atoms with E-state index in [2.05, 4.69) is 50.6 Å². The third-order valence-corrected chi connectivity index (χ3v) is 13.5. The summed E-state index contributed by atoms with van der Waals surface area (Å²) in [6.07, 6.45) is 0. The van der Waals surface area contributed by atoms with Crippen molar-refractivity contribution in [3.63, 3.8) is 0 Å². The molecule has 0 spiro atoms. The normalized spacial score (nSPS) is 12.1. The van der Waals surface area contributed by atoms with Crippen LogP contribution >= 0.6 is 0 Å². The molecular weight excluding hydrogens is 997 g/mol. The van der Waals surface area contributed by atoms with Crippen LogP contribution in [0.4, 0.5) is 22.7 Å². The molecular formula is C62H34N10O7. The van der Waals surface area contributed by atoms with Crippen LogP contribution in [0.5, 0.6) is 11.5 Å². The number of benzene rings is 10. The van der Waals surface area contributed by atoms with E-state index in [1.807, 2.05) is 146 Å². The molecule has 0 unspecified atom stereocenters. The highest BCUT2D eigenvalue weighted by Gasteiger charge is 2.23. The molecule has 0 amide bonds. The van der Waals surface area contributed by atoms with E-state index < -0.39 is 0 Å². The van der Waals surface area contributed by atoms with Crippen LogP contribution in [-0.4, -0.2) is 40.3 Å². The predicted molar refractivity (Wildman–Crippen MR) is 297 cm³/mol. The Morgan fingerprint density at radius 3 is 1.03 bits per heavy atom. The van der Waals surface area contributed by atoms with E-state index in [0.29, 0.717) is 89.5 Å². The third-order valence-electron chi connectivity index (χ3n) is 13.5. The summed E-state index contributed by atoms with van der Waals surface area (Å²) in [6.45, 7) is 0. The lowest BCUT2D eigenvalue weighted by molar-refractivity contribution is 0.475. The molecule has 79 heavy (non-hydrogen) atoms. The van der Waals surface area contributed by atoms with E-state index >= 15 is 0 Å². The average molecular weight is 1030 g/mol. The number of aromatic nitrogens is 6. The zero-order valence-electron chi connectivity index (χ0n) is 40.9. The average Bonchev–Trinajstić information content (AvgIpc) is 4.41. The van der Waals surface area contributed by atoms with Crippen molar-refractivity contribution < 1.29 is 32.3 Å². The Kier molecular flexibility index (Phi) is 10.3. The monoisotopic (exact) mass is 1030 g/mol. The van der Waals surface area contributed by atoms with Gasteiger partial charge in [0.1, 0.15) is 33.4 Å². The molecule has 5 heterocycles. The van der Waals surface area contributed by atoms with E-state index in [1.54, 1.807) is 48.5 Å². The first-order valence-corrected chi connectivity index (χ1v) is 24.8. The number of rotatable bonds is 10. The van der Waals surface area contributed by atoms with Crippen molar-refractivity contribution >= 4 is 88.7 Å². The van der Waals surface area contributed by atoms with Crippen LogP contribution in [0.1, 0.15) is 0 Å². The summed E-state index contributed by atoms with van der Waals surface area (Å²) >= 11 is 0. The Morgan fingerprint density at radius 2 is 0.646 bits per heavy atom. The topological polar surface area (TPSA) is 233 Å². The number of phenols is 2. The molecule has 374 valence electrons. The van der Waals surface area contributed by atoms with Gasteiger partial charge in [0.2, 0.25) is 35.3 Å². The molecule has 17 heteroatoms. The molecule has 2 N–H and O–H groups in total. The second kappa shape index (κ2) is 18.1. The van der Waals surface area contributed by atoms with Crippen molar-refractivity contribution in [3.8, 4) is 80.2 Å². The zero-order valence-corrected chi connectivity index (χ0v) is 40.9. The van der Waals surface area contributed by atoms with Gasteiger partial charge in [-0.05, 0) is 144 Å². The number of para-hydroxylation sites is 8. The molecule has 0 saturated carbocycles. The van der Waals surface area contributed by atoms with Crippen LogP contribution in [0.15, 0.2) is 237 Å². The Hall–Kier alpha value is -11.5. The van der Waals surface area contributed by atoms with Crippen LogP contribution in [0.3, 0.4) is 0 Å². The van der Waals surface area contributed by atoms with Crippen molar-refractivity contribution in [2.75, 3.05) is 0 Å². The largest absolute Gasteiger partial charge is 0.505 e. The summed E-state index contributed by atoms with van der Waals surface area (Å²) in [4.78, 5) is 18.7. The standard InChI is InChI=1S/C62H34N10O7/c73-55-43(61-65-47-11-3-7-15-51(47)77-61)31-37-29-35(57-63-45-9-1-5-13-49(45)75-57)21-27-41(37)53(55)69-67-39-23-17-33(18-24-39)59-71-72-60(79-59)34-19-25-40(26-20-34)68-70-54-42-28-22-36(58-64-46-10-2-6-14-50(46)76-58)30-38(42)32-44(56(54)74)62-66-48-12-4-8-16-52(48)78-62/h1-32,73-74H. The van der Waals surface area contributed by atoms with Gasteiger partial charge >= 0.3 is 0 Å². The SMILES string of the molecule is Oc1c(-c2nc3ccccc3o2)cc2cc(-c3nc4ccccc4o3)ccc2c1N=Nc1ccc(-c2nnc(-c3ccc(N=Nc4c(O)c(-c5nc6ccccc6o5)cc5cc(-c6nc7ccccc7o6)ccc45)cc3)o2)cc1. The molecule has 5 aromatic heterocycles. The Bertz CT molecular complexity index is 4510. The van der Waals surface area contributed by atoms with Gasteiger partial charge in [-0.1, -0.05) is 60.7 Å². The number of azo groups is 2. The van der Waals surface area contributed by atoms with E-state index in [0.717, 1.165) is 32.9 Å². The van der Waals surface area contributed by atoms with Crippen LogP contribution in [0.2, 0.25) is 0 Å². The molecule has 10 aromatic carbocycles. The van der Waals surface area contributed by atoms with Crippen LogP contribution in [0.25, 0.3) is 135 Å². The lowest BCUT2D eigenvalue weighted by Crippen LogP contribution is -1.85. The smallest absolute Gasteiger partial charge is 0.248 e. The first kappa shape index (κ1) is 45.0. The lowest BCUT2D eigenvalue weighted by Gasteiger charge is -2.09. The van der Waals surface area contributed by atoms with Crippen molar-refractivity contribution in [1.82, 2.24) is 30.1 Å². The molecule has 17 nitrogen and oxygen atoms in total. The number of aromatic hydroxyl groups is 2. The quantitative estimate of drug-likeness (QED) is 0.121. The molecule has 0 aliphatic carbocycles. The molecule has 15 aromatic rings. The summed E-state index contributed by atoms with van der Waals surface area (Å²) in [5, 5.41) is 53.3. The van der Waals surface area contributed by atoms with Gasteiger partial charge in [0, 0.05) is 33.0 Å². The minimum Gasteiger partial charge on any atom is -0.505 e. The maximum Gasteiger partial charge on any atom is 0.248 e. The first-order valence-electron chi connectivity index (χ1n) is 24.8. The van der Waals surface area contributed by atoms with Gasteiger partial charge < -0.3 is 32.3 Å². The number of hydrogen-bond acceptors (Lipinski definition) is 17. The predicted octanol–water partition coefficient (Wildman–Crippen LogP) is 17.2. The maximum absolute atomic E-state index is 11.8. The highest BCUT2D eigenvalue weighted by molar-refractivity contribution is 6.03. The molecule has 0 bridgehead atoms. The summed E-state index contributed by atoms with van der Waals surface area (Å²) in [5.41, 5.74) is 10.2. The number of phenolic OH excluding ortho intramolecular Hbond substituents is 2. The first-order chi connectivity index (χ1) is 38.9. The molecule has 0 fully saturated rings. The van der Waals surface area contributed by atoms with E-state index in [-0.39, 0.29) is 46.4 Å². The summed E-state index contributed by atoms with van der Waals surface area (Å²) < 4.78 is 30.5. The molecule has 0 aliphatic heterocycles. The van der Waals surface area contributed by atoms with Crippen molar-refractivity contribution in [2.45, 2.75) is 0 Å². The zero-order chi connectivity index (χ0) is 52.6. The van der Waals surface area contributed by atoms with Gasteiger partial charge in [-0.3, -0.25) is 0 Å². The molecule has 15 rings (SSSR count). The van der Waals surface area contributed by atoms with E-state index in [9.17, 15) is 10.2 Å². The third kappa shape index (κ3) is 8.05.